The summed E-state index contributed by atoms with van der Waals surface area (Å²) in [5, 5.41) is 3.01. The Morgan fingerprint density at radius 3 is 1.74 bits per heavy atom. The Kier molecular flexibility index (Phi) is 5.80. The first-order valence-electron chi connectivity index (χ1n) is 8.00. The summed E-state index contributed by atoms with van der Waals surface area (Å²) < 4.78 is 5.39. The number of hydrogen-bond acceptors (Lipinski definition) is 2. The van der Waals surface area contributed by atoms with E-state index in [1.807, 2.05) is 57.2 Å². The Bertz CT molecular complexity index is 561. The fraction of sp³-hybridized carbons (Fsp3) is 0.350. The molecular weight excluding hydrogens is 286 g/mol. The molecule has 0 bridgehead atoms. The lowest BCUT2D eigenvalue weighted by molar-refractivity contribution is 0.0504. The van der Waals surface area contributed by atoms with Gasteiger partial charge in [0.2, 0.25) is 0 Å². The van der Waals surface area contributed by atoms with Crippen LogP contribution in [0.4, 0.5) is 4.79 Å². The number of ether oxygens (including phenoxy) is 1. The Morgan fingerprint density at radius 2 is 1.35 bits per heavy atom. The number of carbonyl (C=O) groups excluding carboxylic acids is 1. The van der Waals surface area contributed by atoms with E-state index in [4.69, 9.17) is 4.74 Å². The summed E-state index contributed by atoms with van der Waals surface area (Å²) in [5.41, 5.74) is 1.91. The molecule has 1 N–H and O–H groups in total. The van der Waals surface area contributed by atoms with Gasteiger partial charge in [-0.25, -0.2) is 4.79 Å². The highest BCUT2D eigenvalue weighted by molar-refractivity contribution is 5.68. The third-order valence-corrected chi connectivity index (χ3v) is 3.37. The van der Waals surface area contributed by atoms with Gasteiger partial charge in [0.25, 0.3) is 0 Å². The molecule has 0 saturated heterocycles. The van der Waals surface area contributed by atoms with Crippen LogP contribution in [0.1, 0.15) is 31.9 Å². The number of hydrogen-bond donors (Lipinski definition) is 1. The maximum Gasteiger partial charge on any atom is 0.407 e. The smallest absolute Gasteiger partial charge is 0.407 e. The molecule has 0 saturated carbocycles. The molecule has 0 atom stereocenters. The zero-order valence-corrected chi connectivity index (χ0v) is 14.1. The average Bonchev–Trinajstić information content (AvgIpc) is 2.47. The topological polar surface area (TPSA) is 38.3 Å². The molecule has 0 fully saturated rings. The summed E-state index contributed by atoms with van der Waals surface area (Å²) in [5.74, 6) is 0. The molecule has 0 aliphatic carbocycles. The van der Waals surface area contributed by atoms with Crippen molar-refractivity contribution in [1.82, 2.24) is 5.32 Å². The van der Waals surface area contributed by atoms with Crippen molar-refractivity contribution in [2.24, 2.45) is 0 Å². The van der Waals surface area contributed by atoms with Crippen molar-refractivity contribution in [2.45, 2.75) is 45.3 Å². The van der Waals surface area contributed by atoms with E-state index in [2.05, 4.69) is 29.6 Å². The number of nitrogens with one attached hydrogen (secondary N) is 1. The van der Waals surface area contributed by atoms with Crippen LogP contribution in [0.5, 0.6) is 0 Å². The van der Waals surface area contributed by atoms with E-state index in [1.54, 1.807) is 0 Å². The minimum Gasteiger partial charge on any atom is -0.444 e. The summed E-state index contributed by atoms with van der Waals surface area (Å²) in [4.78, 5) is 12.1. The zero-order chi connectivity index (χ0) is 16.7. The molecule has 2 aromatic carbocycles. The van der Waals surface area contributed by atoms with Crippen molar-refractivity contribution in [3.05, 3.63) is 71.8 Å². The second kappa shape index (κ2) is 7.82. The predicted octanol–water partition coefficient (Wildman–Crippen LogP) is 4.37. The minimum absolute atomic E-state index is 0.00495. The summed E-state index contributed by atoms with van der Waals surface area (Å²) in [6, 6.07) is 20.4. The quantitative estimate of drug-likeness (QED) is 0.890. The molecule has 0 aliphatic rings. The predicted molar refractivity (Wildman–Crippen MR) is 93.4 cm³/mol. The van der Waals surface area contributed by atoms with Gasteiger partial charge in [-0.1, -0.05) is 60.7 Å². The molecule has 0 aliphatic heterocycles. The lowest BCUT2D eigenvalue weighted by atomic mass is 9.99. The van der Waals surface area contributed by atoms with Crippen LogP contribution in [0.25, 0.3) is 0 Å². The molecule has 23 heavy (non-hydrogen) atoms. The van der Waals surface area contributed by atoms with Crippen LogP contribution in [0.3, 0.4) is 0 Å². The summed E-state index contributed by atoms with van der Waals surface area (Å²) in [7, 11) is 0. The molecule has 0 radical (unpaired) electrons. The van der Waals surface area contributed by atoms with Crippen molar-refractivity contribution in [1.29, 1.82) is 0 Å². The highest BCUT2D eigenvalue weighted by Crippen LogP contribution is 2.11. The number of carbonyl (C=O) groups is 1. The second-order valence-corrected chi connectivity index (χ2v) is 6.72. The van der Waals surface area contributed by atoms with E-state index >= 15 is 0 Å². The van der Waals surface area contributed by atoms with Gasteiger partial charge < -0.3 is 10.1 Å². The molecule has 0 unspecified atom stereocenters. The van der Waals surface area contributed by atoms with Gasteiger partial charge in [0, 0.05) is 6.04 Å². The zero-order valence-electron chi connectivity index (χ0n) is 14.1. The average molecular weight is 311 g/mol. The maximum atomic E-state index is 12.1. The monoisotopic (exact) mass is 311 g/mol. The summed E-state index contributed by atoms with van der Waals surface area (Å²) in [6.07, 6.45) is 1.18. The minimum atomic E-state index is -0.492. The number of alkyl carbamates (subject to hydrolysis) is 1. The Morgan fingerprint density at radius 1 is 0.913 bits per heavy atom. The standard InChI is InChI=1S/C20H25NO2/c1-20(2,3)23-19(22)21-18(14-16-10-6-4-7-11-16)15-17-12-8-5-9-13-17/h4-13,18H,14-15H2,1-3H3,(H,21,22). The van der Waals surface area contributed by atoms with Gasteiger partial charge in [0.1, 0.15) is 5.60 Å². The van der Waals surface area contributed by atoms with Crippen LogP contribution in [-0.2, 0) is 17.6 Å². The van der Waals surface area contributed by atoms with Crippen molar-refractivity contribution < 1.29 is 9.53 Å². The number of benzene rings is 2. The van der Waals surface area contributed by atoms with Crippen LogP contribution in [0.15, 0.2) is 60.7 Å². The van der Waals surface area contributed by atoms with Crippen LogP contribution in [-0.4, -0.2) is 17.7 Å². The molecule has 3 nitrogen and oxygen atoms in total. The fourth-order valence-electron chi connectivity index (χ4n) is 2.45. The first kappa shape index (κ1) is 17.1. The van der Waals surface area contributed by atoms with E-state index in [1.165, 1.54) is 11.1 Å². The van der Waals surface area contributed by atoms with E-state index in [0.717, 1.165) is 12.8 Å². The normalized spacial score (nSPS) is 11.3. The molecule has 2 rings (SSSR count). The highest BCUT2D eigenvalue weighted by Gasteiger charge is 2.20. The Labute approximate surface area is 138 Å². The van der Waals surface area contributed by atoms with Gasteiger partial charge in [-0.3, -0.25) is 0 Å². The first-order valence-corrected chi connectivity index (χ1v) is 8.00. The summed E-state index contributed by atoms with van der Waals surface area (Å²) in [6.45, 7) is 5.61. The molecular formula is C20H25NO2. The molecule has 0 aromatic heterocycles. The van der Waals surface area contributed by atoms with Crippen molar-refractivity contribution in [3.63, 3.8) is 0 Å². The first-order chi connectivity index (χ1) is 10.9. The van der Waals surface area contributed by atoms with E-state index in [9.17, 15) is 4.79 Å². The van der Waals surface area contributed by atoms with Crippen LogP contribution in [0.2, 0.25) is 0 Å². The SMILES string of the molecule is CC(C)(C)OC(=O)NC(Cc1ccccc1)Cc1ccccc1. The number of rotatable bonds is 5. The molecule has 3 heteroatoms. The fourth-order valence-corrected chi connectivity index (χ4v) is 2.45. The second-order valence-electron chi connectivity index (χ2n) is 6.72. The molecule has 0 heterocycles. The molecule has 2 aromatic rings. The Hall–Kier alpha value is -2.29. The van der Waals surface area contributed by atoms with Gasteiger partial charge in [0.05, 0.1) is 0 Å². The van der Waals surface area contributed by atoms with Crippen LogP contribution < -0.4 is 5.32 Å². The lowest BCUT2D eigenvalue weighted by Gasteiger charge is -2.24. The van der Waals surface area contributed by atoms with E-state index in [0.29, 0.717) is 0 Å². The van der Waals surface area contributed by atoms with Crippen molar-refractivity contribution in [3.8, 4) is 0 Å². The summed E-state index contributed by atoms with van der Waals surface area (Å²) >= 11 is 0. The van der Waals surface area contributed by atoms with Crippen molar-refractivity contribution >= 4 is 6.09 Å². The Balaban J connectivity index is 2.06. The van der Waals surface area contributed by atoms with Gasteiger partial charge in [-0.05, 0) is 44.7 Å². The third kappa shape index (κ3) is 6.55. The molecule has 122 valence electrons. The van der Waals surface area contributed by atoms with E-state index < -0.39 is 5.60 Å². The highest BCUT2D eigenvalue weighted by atomic mass is 16.6. The molecule has 0 spiro atoms. The van der Waals surface area contributed by atoms with Crippen LogP contribution in [0, 0.1) is 0 Å². The third-order valence-electron chi connectivity index (χ3n) is 3.37. The van der Waals surface area contributed by atoms with Crippen molar-refractivity contribution in [2.75, 3.05) is 0 Å². The molecule has 1 amide bonds. The van der Waals surface area contributed by atoms with E-state index in [-0.39, 0.29) is 12.1 Å². The maximum absolute atomic E-state index is 12.1. The van der Waals surface area contributed by atoms with Gasteiger partial charge in [-0.15, -0.1) is 0 Å². The largest absolute Gasteiger partial charge is 0.444 e. The van der Waals surface area contributed by atoms with Gasteiger partial charge >= 0.3 is 6.09 Å². The van der Waals surface area contributed by atoms with Gasteiger partial charge in [-0.2, -0.15) is 0 Å². The van der Waals surface area contributed by atoms with Gasteiger partial charge in [0.15, 0.2) is 0 Å². The number of amides is 1. The van der Waals surface area contributed by atoms with Crippen LogP contribution >= 0.6 is 0 Å². The lowest BCUT2D eigenvalue weighted by Crippen LogP contribution is -2.41.